The summed E-state index contributed by atoms with van der Waals surface area (Å²) in [4.78, 5) is 36.9. The van der Waals surface area contributed by atoms with E-state index in [0.717, 1.165) is 5.69 Å². The van der Waals surface area contributed by atoms with Crippen molar-refractivity contribution in [2.24, 2.45) is 5.92 Å². The van der Waals surface area contributed by atoms with Crippen LogP contribution in [-0.4, -0.2) is 77.5 Å². The average Bonchev–Trinajstić information content (AvgIpc) is 2.97. The van der Waals surface area contributed by atoms with Gasteiger partial charge in [-0.3, -0.25) is 4.79 Å². The van der Waals surface area contributed by atoms with Crippen LogP contribution in [0, 0.1) is 5.92 Å². The number of amides is 1. The number of rotatable bonds is 18. The molecule has 0 saturated heterocycles. The molecule has 1 amide bonds. The van der Waals surface area contributed by atoms with Crippen LogP contribution in [0.5, 0.6) is 0 Å². The van der Waals surface area contributed by atoms with Gasteiger partial charge in [-0.1, -0.05) is 56.7 Å². The Morgan fingerprint density at radius 1 is 0.825 bits per heavy atom. The fourth-order valence-electron chi connectivity index (χ4n) is 3.53. The second-order valence-corrected chi connectivity index (χ2v) is 8.92. The van der Waals surface area contributed by atoms with Crippen molar-refractivity contribution >= 4 is 35.4 Å². The van der Waals surface area contributed by atoms with Gasteiger partial charge in [0, 0.05) is 24.3 Å². The summed E-state index contributed by atoms with van der Waals surface area (Å²) in [5.41, 5.74) is 1.39. The summed E-state index contributed by atoms with van der Waals surface area (Å²) < 4.78 is 11.1. The number of carboxylic acid groups (broad SMARTS) is 1. The van der Waals surface area contributed by atoms with Gasteiger partial charge in [-0.2, -0.15) is 15.0 Å². The maximum absolute atomic E-state index is 12.0. The van der Waals surface area contributed by atoms with Gasteiger partial charge in [-0.05, 0) is 30.2 Å². The second-order valence-electron chi connectivity index (χ2n) is 8.92. The summed E-state index contributed by atoms with van der Waals surface area (Å²) in [6.45, 7) is 6.13. The molecule has 12 heteroatoms. The van der Waals surface area contributed by atoms with Gasteiger partial charge in [0.05, 0.1) is 26.4 Å². The predicted molar refractivity (Wildman–Crippen MR) is 153 cm³/mol. The third kappa shape index (κ3) is 10.5. The molecule has 1 heterocycles. The molecule has 0 bridgehead atoms. The molecule has 3 aromatic rings. The van der Waals surface area contributed by atoms with E-state index < -0.39 is 12.0 Å². The Bertz CT molecular complexity index is 1180. The average molecular weight is 552 g/mol. The summed E-state index contributed by atoms with van der Waals surface area (Å²) in [6.07, 6.45) is 0.679. The summed E-state index contributed by atoms with van der Waals surface area (Å²) in [7, 11) is 0. The molecular formula is C28H37N7O5. The molecule has 0 aliphatic carbocycles. The van der Waals surface area contributed by atoms with E-state index >= 15 is 0 Å². The maximum atomic E-state index is 12.0. The van der Waals surface area contributed by atoms with Crippen molar-refractivity contribution in [2.75, 3.05) is 55.5 Å². The lowest BCUT2D eigenvalue weighted by atomic mass is 10.00. The van der Waals surface area contributed by atoms with Gasteiger partial charge in [0.15, 0.2) is 0 Å². The zero-order valence-corrected chi connectivity index (χ0v) is 22.8. The van der Waals surface area contributed by atoms with Gasteiger partial charge in [0.25, 0.3) is 5.91 Å². The standard InChI is InChI=1S/C28H37N7O5/c1-3-20(2)23(25(37)38)32-28-34-26(33-27(35-28)31-22-12-8-5-9-13-22)30-15-17-40-19-18-39-16-14-29-24(36)21-10-6-4-7-11-21/h4-13,20,23H,3,14-19H2,1-2H3,(H,29,36)(H,37,38)(H3,30,31,32,33,34,35)/t20-,23-/m0/s1. The molecule has 0 unspecified atom stereocenters. The topological polar surface area (TPSA) is 160 Å². The highest BCUT2D eigenvalue weighted by atomic mass is 16.5. The molecule has 0 saturated carbocycles. The smallest absolute Gasteiger partial charge is 0.326 e. The number of para-hydroxylation sites is 1. The van der Waals surface area contributed by atoms with E-state index in [9.17, 15) is 14.7 Å². The Morgan fingerprint density at radius 2 is 1.43 bits per heavy atom. The van der Waals surface area contributed by atoms with Crippen LogP contribution in [0.1, 0.15) is 30.6 Å². The van der Waals surface area contributed by atoms with Gasteiger partial charge in [-0.25, -0.2) is 4.79 Å². The minimum atomic E-state index is -0.976. The number of carbonyl (C=O) groups excluding carboxylic acids is 1. The van der Waals surface area contributed by atoms with E-state index in [2.05, 4.69) is 36.2 Å². The molecule has 0 radical (unpaired) electrons. The number of carboxylic acids is 1. The van der Waals surface area contributed by atoms with Crippen molar-refractivity contribution in [1.29, 1.82) is 0 Å². The number of nitrogens with zero attached hydrogens (tertiary/aromatic N) is 3. The van der Waals surface area contributed by atoms with Crippen molar-refractivity contribution in [1.82, 2.24) is 20.3 Å². The van der Waals surface area contributed by atoms with E-state index in [0.29, 0.717) is 51.5 Å². The van der Waals surface area contributed by atoms with Crippen molar-refractivity contribution in [3.05, 3.63) is 66.2 Å². The van der Waals surface area contributed by atoms with Gasteiger partial charge in [-0.15, -0.1) is 0 Å². The number of aromatic nitrogens is 3. The maximum Gasteiger partial charge on any atom is 0.326 e. The number of nitrogens with one attached hydrogen (secondary N) is 4. The molecule has 12 nitrogen and oxygen atoms in total. The van der Waals surface area contributed by atoms with Crippen LogP contribution < -0.4 is 21.3 Å². The Hall–Kier alpha value is -4.29. The summed E-state index contributed by atoms with van der Waals surface area (Å²) in [6, 6.07) is 17.6. The SMILES string of the molecule is CC[C@H](C)[C@H](Nc1nc(NCCOCCOCCNC(=O)c2ccccc2)nc(Nc2ccccc2)n1)C(=O)O. The molecule has 214 valence electrons. The van der Waals surface area contributed by atoms with Crippen LogP contribution in [-0.2, 0) is 14.3 Å². The lowest BCUT2D eigenvalue weighted by Crippen LogP contribution is -2.36. The van der Waals surface area contributed by atoms with Crippen molar-refractivity contribution in [3.63, 3.8) is 0 Å². The van der Waals surface area contributed by atoms with E-state index in [4.69, 9.17) is 9.47 Å². The first-order valence-electron chi connectivity index (χ1n) is 13.3. The quantitative estimate of drug-likeness (QED) is 0.147. The first-order valence-corrected chi connectivity index (χ1v) is 13.3. The molecule has 3 rings (SSSR count). The van der Waals surface area contributed by atoms with E-state index in [1.807, 2.05) is 62.4 Å². The van der Waals surface area contributed by atoms with E-state index in [1.165, 1.54) is 0 Å². The number of benzene rings is 2. The zero-order valence-electron chi connectivity index (χ0n) is 22.8. The van der Waals surface area contributed by atoms with Gasteiger partial charge < -0.3 is 35.8 Å². The van der Waals surface area contributed by atoms with Crippen LogP contribution in [0.4, 0.5) is 23.5 Å². The fraction of sp³-hybridized carbons (Fsp3) is 0.393. The number of carbonyl (C=O) groups is 2. The van der Waals surface area contributed by atoms with Crippen molar-refractivity contribution in [2.45, 2.75) is 26.3 Å². The number of aliphatic carboxylic acids is 1. The highest BCUT2D eigenvalue weighted by Crippen LogP contribution is 2.18. The first-order chi connectivity index (χ1) is 19.5. The summed E-state index contributed by atoms with van der Waals surface area (Å²) in [5.74, 6) is -0.546. The summed E-state index contributed by atoms with van der Waals surface area (Å²) in [5, 5.41) is 21.6. The molecule has 2 aromatic carbocycles. The van der Waals surface area contributed by atoms with E-state index in [1.54, 1.807) is 12.1 Å². The Morgan fingerprint density at radius 3 is 2.08 bits per heavy atom. The third-order valence-electron chi connectivity index (χ3n) is 5.90. The minimum Gasteiger partial charge on any atom is -0.480 e. The molecular weight excluding hydrogens is 514 g/mol. The van der Waals surface area contributed by atoms with Crippen molar-refractivity contribution in [3.8, 4) is 0 Å². The normalized spacial score (nSPS) is 12.2. The molecule has 0 aliphatic rings. The Balaban J connectivity index is 1.43. The second kappa shape index (κ2) is 16.6. The van der Waals surface area contributed by atoms with E-state index in [-0.39, 0.29) is 29.7 Å². The fourth-order valence-corrected chi connectivity index (χ4v) is 3.53. The Kier molecular flexibility index (Phi) is 12.6. The van der Waals surface area contributed by atoms with Crippen LogP contribution in [0.2, 0.25) is 0 Å². The number of hydrogen-bond acceptors (Lipinski definition) is 10. The molecule has 1 aromatic heterocycles. The molecule has 40 heavy (non-hydrogen) atoms. The number of anilines is 4. The first kappa shape index (κ1) is 30.3. The van der Waals surface area contributed by atoms with Crippen molar-refractivity contribution < 1.29 is 24.2 Å². The number of hydrogen-bond donors (Lipinski definition) is 5. The third-order valence-corrected chi connectivity index (χ3v) is 5.90. The minimum absolute atomic E-state index is 0.132. The largest absolute Gasteiger partial charge is 0.480 e. The monoisotopic (exact) mass is 551 g/mol. The van der Waals surface area contributed by atoms with Crippen LogP contribution in [0.3, 0.4) is 0 Å². The molecule has 0 spiro atoms. The van der Waals surface area contributed by atoms with Gasteiger partial charge >= 0.3 is 5.97 Å². The summed E-state index contributed by atoms with van der Waals surface area (Å²) >= 11 is 0. The molecule has 2 atom stereocenters. The van der Waals surface area contributed by atoms with Crippen LogP contribution in [0.25, 0.3) is 0 Å². The van der Waals surface area contributed by atoms with Gasteiger partial charge in [0.1, 0.15) is 6.04 Å². The molecule has 0 aliphatic heterocycles. The molecule has 5 N–H and O–H groups in total. The molecule has 0 fully saturated rings. The highest BCUT2D eigenvalue weighted by Gasteiger charge is 2.24. The van der Waals surface area contributed by atoms with Gasteiger partial charge in [0.2, 0.25) is 17.8 Å². The van der Waals surface area contributed by atoms with Crippen LogP contribution >= 0.6 is 0 Å². The lowest BCUT2D eigenvalue weighted by molar-refractivity contribution is -0.139. The lowest BCUT2D eigenvalue weighted by Gasteiger charge is -2.20. The predicted octanol–water partition coefficient (Wildman–Crippen LogP) is 3.40. The zero-order chi connectivity index (χ0) is 28.6. The number of ether oxygens (including phenoxy) is 2. The van der Waals surface area contributed by atoms with Crippen LogP contribution in [0.15, 0.2) is 60.7 Å². The highest BCUT2D eigenvalue weighted by molar-refractivity contribution is 5.94. The Labute approximate surface area is 233 Å².